The number of halogens is 1. The summed E-state index contributed by atoms with van der Waals surface area (Å²) in [6.45, 7) is 1.14. The number of hydrogen-bond donors (Lipinski definition) is 1. The van der Waals surface area contributed by atoms with E-state index in [0.717, 1.165) is 0 Å². The van der Waals surface area contributed by atoms with Crippen molar-refractivity contribution in [3.63, 3.8) is 0 Å². The third kappa shape index (κ3) is 4.38. The average molecular weight is 426 g/mol. The van der Waals surface area contributed by atoms with Crippen LogP contribution in [-0.2, 0) is 16.1 Å². The first kappa shape index (κ1) is 20.0. The van der Waals surface area contributed by atoms with E-state index < -0.39 is 10.7 Å². The van der Waals surface area contributed by atoms with Crippen molar-refractivity contribution in [1.29, 1.82) is 0 Å². The van der Waals surface area contributed by atoms with Crippen LogP contribution in [0.5, 0.6) is 0 Å². The highest BCUT2D eigenvalue weighted by atomic mass is 35.5. The van der Waals surface area contributed by atoms with Crippen molar-refractivity contribution in [2.24, 2.45) is 0 Å². The van der Waals surface area contributed by atoms with E-state index in [1.54, 1.807) is 25.3 Å². The first-order chi connectivity index (χ1) is 13.4. The van der Waals surface area contributed by atoms with Gasteiger partial charge in [-0.2, -0.15) is 4.68 Å². The van der Waals surface area contributed by atoms with Crippen molar-refractivity contribution in [2.45, 2.75) is 13.0 Å². The number of methoxy groups -OCH3 is 1. The Kier molecular flexibility index (Phi) is 6.07. The average Bonchev–Trinajstić information content (AvgIpc) is 3.30. The second-order valence-electron chi connectivity index (χ2n) is 5.85. The fourth-order valence-electron chi connectivity index (χ4n) is 2.59. The van der Waals surface area contributed by atoms with Crippen molar-refractivity contribution < 1.29 is 18.9 Å². The topological polar surface area (TPSA) is 116 Å². The van der Waals surface area contributed by atoms with Gasteiger partial charge < -0.3 is 24.6 Å². The second kappa shape index (κ2) is 8.50. The summed E-state index contributed by atoms with van der Waals surface area (Å²) < 4.78 is 11.9. The number of ether oxygens (including phenoxy) is 1. The van der Waals surface area contributed by atoms with Crippen LogP contribution in [-0.4, -0.2) is 50.9 Å². The van der Waals surface area contributed by atoms with Gasteiger partial charge in [-0.05, 0) is 35.7 Å². The molecular formula is C16H16ClN5O5S. The normalized spacial score (nSPS) is 15.5. The van der Waals surface area contributed by atoms with Gasteiger partial charge in [0.2, 0.25) is 0 Å². The smallest absolute Gasteiger partial charge is 0.408 e. The highest BCUT2D eigenvalue weighted by molar-refractivity contribution is 7.80. The Morgan fingerprint density at radius 1 is 1.50 bits per heavy atom. The molecule has 1 aliphatic rings. The van der Waals surface area contributed by atoms with Crippen LogP contribution in [0.4, 0.5) is 5.82 Å². The van der Waals surface area contributed by atoms with Crippen LogP contribution in [0.15, 0.2) is 28.4 Å². The summed E-state index contributed by atoms with van der Waals surface area (Å²) in [6, 6.07) is 3.36. The first-order valence-corrected chi connectivity index (χ1v) is 8.97. The van der Waals surface area contributed by atoms with Crippen molar-refractivity contribution in [1.82, 2.24) is 20.0 Å². The summed E-state index contributed by atoms with van der Waals surface area (Å²) in [5, 5.41) is 17.7. The van der Waals surface area contributed by atoms with Crippen molar-refractivity contribution in [3.05, 3.63) is 50.7 Å². The third-order valence-electron chi connectivity index (χ3n) is 3.85. The molecule has 1 fully saturated rings. The zero-order valence-electron chi connectivity index (χ0n) is 14.8. The number of rotatable bonds is 8. The Balaban J connectivity index is 1.68. The lowest BCUT2D eigenvalue weighted by atomic mass is 10.3. The predicted molar refractivity (Wildman–Crippen MR) is 104 cm³/mol. The highest BCUT2D eigenvalue weighted by Crippen LogP contribution is 2.22. The third-order valence-corrected chi connectivity index (χ3v) is 4.44. The van der Waals surface area contributed by atoms with E-state index in [0.29, 0.717) is 41.9 Å². The molecule has 148 valence electrons. The summed E-state index contributed by atoms with van der Waals surface area (Å²) in [4.78, 5) is 24.1. The molecule has 2 aromatic heterocycles. The minimum Gasteiger partial charge on any atom is -0.460 e. The minimum atomic E-state index is -0.657. The lowest BCUT2D eigenvalue weighted by molar-refractivity contribution is -0.389. The maximum absolute atomic E-state index is 12.4. The predicted octanol–water partition coefficient (Wildman–Crippen LogP) is 2.18. The molecule has 10 nitrogen and oxygen atoms in total. The van der Waals surface area contributed by atoms with E-state index in [-0.39, 0.29) is 17.5 Å². The summed E-state index contributed by atoms with van der Waals surface area (Å²) >= 11 is 11.0. The van der Waals surface area contributed by atoms with Gasteiger partial charge in [0.05, 0.1) is 11.3 Å². The summed E-state index contributed by atoms with van der Waals surface area (Å²) in [5.41, 5.74) is 0.307. The number of hydrogen-bond acceptors (Lipinski definition) is 7. The van der Waals surface area contributed by atoms with E-state index >= 15 is 0 Å². The van der Waals surface area contributed by atoms with Crippen LogP contribution in [0, 0.1) is 10.1 Å². The minimum absolute atomic E-state index is 0.0540. The molecule has 0 spiro atoms. The molecule has 0 aliphatic carbocycles. The maximum Gasteiger partial charge on any atom is 0.408 e. The highest BCUT2D eigenvalue weighted by Gasteiger charge is 2.30. The molecule has 0 aromatic carbocycles. The summed E-state index contributed by atoms with van der Waals surface area (Å²) in [5.74, 6) is 0.262. The van der Waals surface area contributed by atoms with Gasteiger partial charge in [0.25, 0.3) is 5.91 Å². The van der Waals surface area contributed by atoms with Gasteiger partial charge in [0, 0.05) is 26.3 Å². The quantitative estimate of drug-likeness (QED) is 0.225. The Hall–Kier alpha value is -2.76. The molecule has 3 rings (SSSR count). The number of thiocarbonyl (C=S) groups is 1. The lowest BCUT2D eigenvalue weighted by Crippen LogP contribution is -2.32. The molecule has 1 aliphatic heterocycles. The molecule has 12 heteroatoms. The number of nitrogens with one attached hydrogen (secondary N) is 1. The number of carbonyl (C=O) groups is 1. The number of furan rings is 1. The molecule has 0 unspecified atom stereocenters. The monoisotopic (exact) mass is 425 g/mol. The molecule has 0 radical (unpaired) electrons. The van der Waals surface area contributed by atoms with Crippen molar-refractivity contribution in [2.75, 3.05) is 20.3 Å². The molecule has 2 aromatic rings. The van der Waals surface area contributed by atoms with E-state index in [2.05, 4.69) is 10.4 Å². The van der Waals surface area contributed by atoms with E-state index in [9.17, 15) is 14.9 Å². The van der Waals surface area contributed by atoms with Gasteiger partial charge in [-0.25, -0.2) is 0 Å². The SMILES string of the molecule is COCCCN1C(=O)/C(=C\c2ccc(Cn3cc(Cl)c([N+](=O)[O-])n3)o2)NC1=S. The largest absolute Gasteiger partial charge is 0.460 e. The van der Waals surface area contributed by atoms with Gasteiger partial charge in [-0.15, -0.1) is 0 Å². The van der Waals surface area contributed by atoms with Crippen LogP contribution in [0.25, 0.3) is 6.08 Å². The Morgan fingerprint density at radius 2 is 2.29 bits per heavy atom. The fourth-order valence-corrected chi connectivity index (χ4v) is 3.10. The van der Waals surface area contributed by atoms with Crippen LogP contribution in [0.3, 0.4) is 0 Å². The van der Waals surface area contributed by atoms with Gasteiger partial charge >= 0.3 is 5.82 Å². The second-order valence-corrected chi connectivity index (χ2v) is 6.64. The molecular weight excluding hydrogens is 410 g/mol. The van der Waals surface area contributed by atoms with Crippen LogP contribution in [0.1, 0.15) is 17.9 Å². The summed E-state index contributed by atoms with van der Waals surface area (Å²) in [6.07, 6.45) is 3.56. The molecule has 28 heavy (non-hydrogen) atoms. The number of nitro groups is 1. The molecule has 0 bridgehead atoms. The zero-order valence-corrected chi connectivity index (χ0v) is 16.3. The van der Waals surface area contributed by atoms with E-state index in [4.69, 9.17) is 33.0 Å². The first-order valence-electron chi connectivity index (χ1n) is 8.18. The number of aromatic nitrogens is 2. The summed E-state index contributed by atoms with van der Waals surface area (Å²) in [7, 11) is 1.59. The van der Waals surface area contributed by atoms with Crippen LogP contribution in [0.2, 0.25) is 5.02 Å². The standard InChI is InChI=1S/C16H16ClN5O5S/c1-26-6-2-5-21-15(23)13(18-16(21)28)7-10-3-4-11(27-10)8-20-9-12(17)14(19-20)22(24)25/h3-4,7,9H,2,5-6,8H2,1H3,(H,18,28)/b13-7+. The molecule has 0 saturated carbocycles. The van der Waals surface area contributed by atoms with Gasteiger partial charge in [-0.1, -0.05) is 11.6 Å². The van der Waals surface area contributed by atoms with Gasteiger partial charge in [-0.3, -0.25) is 9.69 Å². The maximum atomic E-state index is 12.4. The van der Waals surface area contributed by atoms with Crippen LogP contribution >= 0.6 is 23.8 Å². The number of nitrogens with zero attached hydrogens (tertiary/aromatic N) is 4. The molecule has 3 heterocycles. The molecule has 1 saturated heterocycles. The fraction of sp³-hybridized carbons (Fsp3) is 0.312. The Bertz CT molecular complexity index is 953. The van der Waals surface area contributed by atoms with Gasteiger partial charge in [0.1, 0.15) is 23.8 Å². The Labute approximate surface area is 169 Å². The zero-order chi connectivity index (χ0) is 20.3. The molecule has 1 N–H and O–H groups in total. The molecule has 1 amide bonds. The molecule has 0 atom stereocenters. The lowest BCUT2D eigenvalue weighted by Gasteiger charge is -2.12. The number of carbonyl (C=O) groups excluding carboxylic acids is 1. The van der Waals surface area contributed by atoms with Gasteiger partial charge in [0.15, 0.2) is 10.1 Å². The van der Waals surface area contributed by atoms with Crippen molar-refractivity contribution in [3.8, 4) is 0 Å². The van der Waals surface area contributed by atoms with E-state index in [1.807, 2.05) is 0 Å². The van der Waals surface area contributed by atoms with Crippen molar-refractivity contribution >= 4 is 46.7 Å². The Morgan fingerprint density at radius 3 is 2.96 bits per heavy atom. The number of amides is 1. The van der Waals surface area contributed by atoms with E-state index in [1.165, 1.54) is 15.8 Å². The van der Waals surface area contributed by atoms with Crippen LogP contribution < -0.4 is 5.32 Å².